The van der Waals surface area contributed by atoms with E-state index in [0.717, 1.165) is 90.0 Å². The van der Waals surface area contributed by atoms with Crippen LogP contribution in [0.25, 0.3) is 43.5 Å². The fourth-order valence-corrected chi connectivity index (χ4v) is 11.2. The van der Waals surface area contributed by atoms with Gasteiger partial charge in [-0.05, 0) is 107 Å². The smallest absolute Gasteiger partial charge is 0.138 e. The summed E-state index contributed by atoms with van der Waals surface area (Å²) >= 11 is 0. The molecule has 1 aliphatic carbocycles. The Hall–Kier alpha value is -9.38. The highest BCUT2D eigenvalue weighted by Gasteiger charge is 2.27. The Balaban J connectivity index is 0.965. The van der Waals surface area contributed by atoms with Gasteiger partial charge in [-0.15, -0.1) is 0 Å². The summed E-state index contributed by atoms with van der Waals surface area (Å²) in [7, 11) is 0. The summed E-state index contributed by atoms with van der Waals surface area (Å²) in [5.41, 5.74) is 14.1. The van der Waals surface area contributed by atoms with E-state index in [1.807, 2.05) is 0 Å². The van der Waals surface area contributed by atoms with Crippen LogP contribution in [0.1, 0.15) is 29.0 Å². The Morgan fingerprint density at radius 2 is 0.726 bits per heavy atom. The van der Waals surface area contributed by atoms with Gasteiger partial charge in [0, 0.05) is 73.7 Å². The predicted molar refractivity (Wildman–Crippen MR) is 307 cm³/mol. The lowest BCUT2D eigenvalue weighted by Gasteiger charge is -2.34. The molecule has 0 aliphatic heterocycles. The number of hydrogen-bond donors (Lipinski definition) is 0. The van der Waals surface area contributed by atoms with E-state index in [-0.39, 0.29) is 12.0 Å². The average Bonchev–Trinajstić information content (AvgIpc) is 3.85. The first-order valence-electron chi connectivity index (χ1n) is 25.2. The van der Waals surface area contributed by atoms with Crippen LogP contribution in [-0.4, -0.2) is 6.04 Å². The molecular formula is C69H51N3O. The van der Waals surface area contributed by atoms with Gasteiger partial charge >= 0.3 is 0 Å². The molecule has 0 radical (unpaired) electrons. The van der Waals surface area contributed by atoms with Crippen LogP contribution in [-0.2, 0) is 0 Å². The number of nitrogens with zero attached hydrogens (tertiary/aromatic N) is 3. The van der Waals surface area contributed by atoms with Crippen LogP contribution in [0.2, 0.25) is 0 Å². The lowest BCUT2D eigenvalue weighted by atomic mass is 9.85. The molecule has 4 heteroatoms. The van der Waals surface area contributed by atoms with Gasteiger partial charge in [0.1, 0.15) is 11.2 Å². The summed E-state index contributed by atoms with van der Waals surface area (Å²) in [6.07, 6.45) is 9.82. The maximum Gasteiger partial charge on any atom is 0.138 e. The van der Waals surface area contributed by atoms with E-state index in [4.69, 9.17) is 4.42 Å². The molecule has 0 amide bonds. The van der Waals surface area contributed by atoms with Crippen molar-refractivity contribution in [2.24, 2.45) is 0 Å². The van der Waals surface area contributed by atoms with Crippen molar-refractivity contribution in [2.75, 3.05) is 14.7 Å². The zero-order chi connectivity index (χ0) is 48.5. The monoisotopic (exact) mass is 937 g/mol. The SMILES string of the molecule is C1=CCC(N(c2ccc(C(c3ccccc3)c3ccccc3)cc2)c2cc3oc4cc(N(c5ccccc5)c5ccc(N(c6ccccc6)c6ccccc6)cc5)c5ccccc5c4c3c3ccccc23)C=C1. The Morgan fingerprint density at radius 1 is 0.342 bits per heavy atom. The summed E-state index contributed by atoms with van der Waals surface area (Å²) in [5, 5.41) is 6.86. The molecule has 0 saturated carbocycles. The lowest BCUT2D eigenvalue weighted by Crippen LogP contribution is -2.30. The van der Waals surface area contributed by atoms with Gasteiger partial charge in [0.15, 0.2) is 0 Å². The highest BCUT2D eigenvalue weighted by molar-refractivity contribution is 6.30. The van der Waals surface area contributed by atoms with Gasteiger partial charge in [-0.25, -0.2) is 0 Å². The van der Waals surface area contributed by atoms with Crippen LogP contribution in [0, 0.1) is 0 Å². The first-order chi connectivity index (χ1) is 36.2. The average molecular weight is 938 g/mol. The maximum atomic E-state index is 7.25. The van der Waals surface area contributed by atoms with E-state index in [2.05, 4.69) is 300 Å². The van der Waals surface area contributed by atoms with E-state index in [0.29, 0.717) is 0 Å². The number of allylic oxidation sites excluding steroid dienone is 2. The van der Waals surface area contributed by atoms with Crippen LogP contribution in [0.5, 0.6) is 0 Å². The van der Waals surface area contributed by atoms with Crippen molar-refractivity contribution in [2.45, 2.75) is 18.4 Å². The third kappa shape index (κ3) is 8.09. The number of fused-ring (bicyclic) bond motifs is 7. The zero-order valence-electron chi connectivity index (χ0n) is 40.2. The molecule has 0 saturated heterocycles. The predicted octanol–water partition coefficient (Wildman–Crippen LogP) is 19.0. The molecule has 0 bridgehead atoms. The van der Waals surface area contributed by atoms with E-state index in [9.17, 15) is 0 Å². The number of para-hydroxylation sites is 3. The van der Waals surface area contributed by atoms with Gasteiger partial charge in [0.25, 0.3) is 0 Å². The van der Waals surface area contributed by atoms with Gasteiger partial charge in [-0.2, -0.15) is 0 Å². The zero-order valence-corrected chi connectivity index (χ0v) is 40.2. The minimum Gasteiger partial charge on any atom is -0.456 e. The van der Waals surface area contributed by atoms with Crippen molar-refractivity contribution in [1.29, 1.82) is 0 Å². The highest BCUT2D eigenvalue weighted by Crippen LogP contribution is 2.49. The molecular weight excluding hydrogens is 887 g/mol. The molecule has 0 fully saturated rings. The summed E-state index contributed by atoms with van der Waals surface area (Å²) in [6.45, 7) is 0. The first-order valence-corrected chi connectivity index (χ1v) is 25.2. The third-order valence-corrected chi connectivity index (χ3v) is 14.4. The van der Waals surface area contributed by atoms with Crippen molar-refractivity contribution < 1.29 is 4.42 Å². The Labute approximate surface area is 426 Å². The molecule has 0 N–H and O–H groups in total. The molecule has 13 rings (SSSR count). The van der Waals surface area contributed by atoms with Crippen LogP contribution >= 0.6 is 0 Å². The normalized spacial score (nSPS) is 13.3. The number of anilines is 8. The van der Waals surface area contributed by atoms with Crippen molar-refractivity contribution in [3.8, 4) is 0 Å². The second-order valence-corrected chi connectivity index (χ2v) is 18.8. The van der Waals surface area contributed by atoms with Crippen LogP contribution in [0.15, 0.2) is 290 Å². The Kier molecular flexibility index (Phi) is 11.4. The van der Waals surface area contributed by atoms with Gasteiger partial charge in [0.2, 0.25) is 0 Å². The molecule has 348 valence electrons. The molecule has 1 atom stereocenters. The third-order valence-electron chi connectivity index (χ3n) is 14.4. The lowest BCUT2D eigenvalue weighted by molar-refractivity contribution is 0.669. The first kappa shape index (κ1) is 43.6. The molecule has 1 aliphatic rings. The molecule has 1 heterocycles. The number of hydrogen-bond acceptors (Lipinski definition) is 4. The van der Waals surface area contributed by atoms with E-state index < -0.39 is 0 Å². The number of rotatable bonds is 12. The molecule has 1 unspecified atom stereocenters. The molecule has 4 nitrogen and oxygen atoms in total. The summed E-state index contributed by atoms with van der Waals surface area (Å²) < 4.78 is 7.25. The molecule has 73 heavy (non-hydrogen) atoms. The van der Waals surface area contributed by atoms with Crippen molar-refractivity contribution in [1.82, 2.24) is 0 Å². The van der Waals surface area contributed by atoms with Crippen LogP contribution < -0.4 is 14.7 Å². The van der Waals surface area contributed by atoms with Crippen molar-refractivity contribution >= 4 is 89.0 Å². The van der Waals surface area contributed by atoms with Gasteiger partial charge in [0.05, 0.1) is 17.4 Å². The van der Waals surface area contributed by atoms with Crippen molar-refractivity contribution in [3.63, 3.8) is 0 Å². The van der Waals surface area contributed by atoms with E-state index >= 15 is 0 Å². The second-order valence-electron chi connectivity index (χ2n) is 18.8. The van der Waals surface area contributed by atoms with Gasteiger partial charge in [-0.3, -0.25) is 0 Å². The van der Waals surface area contributed by atoms with Crippen LogP contribution in [0.3, 0.4) is 0 Å². The number of benzene rings is 11. The standard InChI is InChI=1S/C69H51N3O/c1-7-23-49(24-8-1)67(50-25-9-2-10-26-50)51-39-41-57(42-40-51)71(54-31-15-5-16-32-54)63-47-65-68(61-37-21-19-35-59(61)63)69-62-38-22-20-36-60(62)64(48-66(69)73-65)72(55-33-17-6-18-34-55)58-45-43-56(44-46-58)70(52-27-11-3-12-28-52)53-29-13-4-14-30-53/h1-31,33-48,54,67H,32H2. The molecule has 11 aromatic carbocycles. The second kappa shape index (κ2) is 19.1. The molecule has 1 aromatic heterocycles. The molecule has 12 aromatic rings. The maximum absolute atomic E-state index is 7.25. The topological polar surface area (TPSA) is 22.9 Å². The fraction of sp³-hybridized carbons (Fsp3) is 0.0435. The van der Waals surface area contributed by atoms with E-state index in [1.165, 1.54) is 22.1 Å². The minimum atomic E-state index is 0.0887. The summed E-state index contributed by atoms with van der Waals surface area (Å²) in [5.74, 6) is 0.108. The Morgan fingerprint density at radius 3 is 1.22 bits per heavy atom. The summed E-state index contributed by atoms with van der Waals surface area (Å²) in [4.78, 5) is 7.18. The molecule has 0 spiro atoms. The fourth-order valence-electron chi connectivity index (χ4n) is 11.2. The largest absolute Gasteiger partial charge is 0.456 e. The summed E-state index contributed by atoms with van der Waals surface area (Å²) in [6, 6.07) is 94.0. The minimum absolute atomic E-state index is 0.0887. The van der Waals surface area contributed by atoms with Crippen molar-refractivity contribution in [3.05, 3.63) is 302 Å². The van der Waals surface area contributed by atoms with Gasteiger partial charge in [-0.1, -0.05) is 200 Å². The highest BCUT2D eigenvalue weighted by atomic mass is 16.3. The van der Waals surface area contributed by atoms with Gasteiger partial charge < -0.3 is 19.1 Å². The van der Waals surface area contributed by atoms with Crippen LogP contribution in [0.4, 0.5) is 45.5 Å². The Bertz CT molecular complexity index is 3850. The quantitative estimate of drug-likeness (QED) is 0.114. The van der Waals surface area contributed by atoms with E-state index in [1.54, 1.807) is 0 Å². The number of furan rings is 1.